The summed E-state index contributed by atoms with van der Waals surface area (Å²) in [6.07, 6.45) is 1.33. The number of aromatic nitrogens is 1. The molecular weight excluding hydrogens is 249 g/mol. The number of amides is 1. The molecule has 0 saturated heterocycles. The van der Waals surface area contributed by atoms with Gasteiger partial charge in [0.25, 0.3) is 5.91 Å². The molecule has 0 aliphatic rings. The third-order valence-corrected chi connectivity index (χ3v) is 2.88. The normalized spacial score (nSPS) is 10.6. The number of hydrogen-bond donors (Lipinski definition) is 3. The van der Waals surface area contributed by atoms with E-state index in [0.717, 1.165) is 19.6 Å². The first kappa shape index (κ1) is 15.3. The lowest BCUT2D eigenvalue weighted by atomic mass is 10.2. The highest BCUT2D eigenvalue weighted by Crippen LogP contribution is 2.13. The Labute approximate surface area is 112 Å². The van der Waals surface area contributed by atoms with Gasteiger partial charge in [0.05, 0.1) is 5.56 Å². The average Bonchev–Trinajstić information content (AvgIpc) is 2.43. The molecule has 19 heavy (non-hydrogen) atoms. The minimum atomic E-state index is -0.745. The smallest absolute Gasteiger partial charge is 0.254 e. The van der Waals surface area contributed by atoms with Gasteiger partial charge in [0.1, 0.15) is 0 Å². The van der Waals surface area contributed by atoms with Gasteiger partial charge in [-0.2, -0.15) is 0 Å². The zero-order valence-electron chi connectivity index (χ0n) is 11.2. The number of hydrazine groups is 1. The topological polar surface area (TPSA) is 83.3 Å². The lowest BCUT2D eigenvalue weighted by Gasteiger charge is -2.18. The van der Waals surface area contributed by atoms with E-state index in [1.165, 1.54) is 12.3 Å². The molecule has 7 heteroatoms. The predicted octanol–water partition coefficient (Wildman–Crippen LogP) is 0.578. The minimum Gasteiger partial charge on any atom is -0.351 e. The summed E-state index contributed by atoms with van der Waals surface area (Å²) in [5.74, 6) is 3.75. The van der Waals surface area contributed by atoms with Crippen molar-refractivity contribution in [1.29, 1.82) is 0 Å². The summed E-state index contributed by atoms with van der Waals surface area (Å²) in [6, 6.07) is 1.32. The van der Waals surface area contributed by atoms with Crippen molar-refractivity contribution in [3.05, 3.63) is 23.6 Å². The number of nitrogens with zero attached hydrogens (tertiary/aromatic N) is 2. The Morgan fingerprint density at radius 1 is 1.47 bits per heavy atom. The Kier molecular flexibility index (Phi) is 6.17. The molecule has 0 bridgehead atoms. The SMILES string of the molecule is CCN(CC)CCNC(=O)c1ccnc(NN)c1F. The molecule has 0 unspecified atom stereocenters. The molecule has 0 fully saturated rings. The van der Waals surface area contributed by atoms with E-state index in [4.69, 9.17) is 5.84 Å². The van der Waals surface area contributed by atoms with Crippen LogP contribution >= 0.6 is 0 Å². The summed E-state index contributed by atoms with van der Waals surface area (Å²) in [4.78, 5) is 17.7. The van der Waals surface area contributed by atoms with Crippen molar-refractivity contribution in [2.45, 2.75) is 13.8 Å². The largest absolute Gasteiger partial charge is 0.351 e. The number of anilines is 1. The van der Waals surface area contributed by atoms with Crippen molar-refractivity contribution in [2.75, 3.05) is 31.6 Å². The van der Waals surface area contributed by atoms with Gasteiger partial charge in [-0.15, -0.1) is 0 Å². The Morgan fingerprint density at radius 3 is 2.74 bits per heavy atom. The molecule has 6 nitrogen and oxygen atoms in total. The Morgan fingerprint density at radius 2 is 2.16 bits per heavy atom. The van der Waals surface area contributed by atoms with E-state index in [1.807, 2.05) is 13.8 Å². The van der Waals surface area contributed by atoms with Crippen LogP contribution in [0.4, 0.5) is 10.2 Å². The predicted molar refractivity (Wildman–Crippen MR) is 72.1 cm³/mol. The zero-order chi connectivity index (χ0) is 14.3. The van der Waals surface area contributed by atoms with Gasteiger partial charge in [-0.25, -0.2) is 15.2 Å². The van der Waals surface area contributed by atoms with Crippen LogP contribution in [0, 0.1) is 5.82 Å². The molecule has 0 spiro atoms. The number of carbonyl (C=O) groups excluding carboxylic acids is 1. The average molecular weight is 269 g/mol. The van der Waals surface area contributed by atoms with Crippen molar-refractivity contribution >= 4 is 11.7 Å². The van der Waals surface area contributed by atoms with E-state index in [9.17, 15) is 9.18 Å². The van der Waals surface area contributed by atoms with Gasteiger partial charge in [-0.05, 0) is 19.2 Å². The maximum Gasteiger partial charge on any atom is 0.254 e. The molecule has 0 radical (unpaired) electrons. The minimum absolute atomic E-state index is 0.0671. The number of pyridine rings is 1. The van der Waals surface area contributed by atoms with E-state index in [2.05, 4.69) is 20.6 Å². The van der Waals surface area contributed by atoms with Crippen molar-refractivity contribution < 1.29 is 9.18 Å². The van der Waals surface area contributed by atoms with Crippen LogP contribution < -0.4 is 16.6 Å². The fraction of sp³-hybridized carbons (Fsp3) is 0.500. The molecule has 0 aliphatic carbocycles. The third-order valence-electron chi connectivity index (χ3n) is 2.88. The quantitative estimate of drug-likeness (QED) is 0.498. The summed E-state index contributed by atoms with van der Waals surface area (Å²) in [5, 5.41) is 2.67. The van der Waals surface area contributed by atoms with Gasteiger partial charge in [0, 0.05) is 19.3 Å². The summed E-state index contributed by atoms with van der Waals surface area (Å²) in [5.41, 5.74) is 2.04. The molecule has 1 heterocycles. The first-order valence-corrected chi connectivity index (χ1v) is 6.25. The number of likely N-dealkylation sites (N-methyl/N-ethyl adjacent to an activating group) is 1. The summed E-state index contributed by atoms with van der Waals surface area (Å²) >= 11 is 0. The second-order valence-electron chi connectivity index (χ2n) is 3.95. The van der Waals surface area contributed by atoms with E-state index >= 15 is 0 Å². The molecule has 0 atom stereocenters. The second kappa shape index (κ2) is 7.65. The third kappa shape index (κ3) is 4.15. The van der Waals surface area contributed by atoms with Crippen molar-refractivity contribution in [3.63, 3.8) is 0 Å². The van der Waals surface area contributed by atoms with Crippen LogP contribution in [-0.4, -0.2) is 42.0 Å². The van der Waals surface area contributed by atoms with Gasteiger partial charge < -0.3 is 15.6 Å². The Bertz CT molecular complexity index is 423. The summed E-state index contributed by atoms with van der Waals surface area (Å²) < 4.78 is 13.8. The first-order chi connectivity index (χ1) is 9.13. The van der Waals surface area contributed by atoms with E-state index in [-0.39, 0.29) is 11.4 Å². The van der Waals surface area contributed by atoms with Crippen molar-refractivity contribution in [3.8, 4) is 0 Å². The number of nitrogen functional groups attached to an aromatic ring is 1. The molecule has 1 aromatic rings. The standard InChI is InChI=1S/C12H20FN5O/c1-3-18(4-2)8-7-16-12(19)9-5-6-15-11(17-14)10(9)13/h5-6H,3-4,7-8,14H2,1-2H3,(H,15,17)(H,16,19). The van der Waals surface area contributed by atoms with Gasteiger partial charge in [-0.1, -0.05) is 13.8 Å². The van der Waals surface area contributed by atoms with Crippen LogP contribution in [0.1, 0.15) is 24.2 Å². The number of nitrogens with one attached hydrogen (secondary N) is 2. The lowest BCUT2D eigenvalue weighted by molar-refractivity contribution is 0.0945. The zero-order valence-corrected chi connectivity index (χ0v) is 11.2. The molecule has 0 aromatic carbocycles. The Balaban J connectivity index is 2.59. The van der Waals surface area contributed by atoms with E-state index in [1.54, 1.807) is 0 Å². The molecule has 1 amide bonds. The monoisotopic (exact) mass is 269 g/mol. The van der Waals surface area contributed by atoms with E-state index in [0.29, 0.717) is 6.54 Å². The molecule has 0 aliphatic heterocycles. The number of rotatable bonds is 7. The number of carbonyl (C=O) groups is 1. The number of halogens is 1. The molecular formula is C12H20FN5O. The highest BCUT2D eigenvalue weighted by molar-refractivity contribution is 5.95. The molecule has 106 valence electrons. The number of hydrogen-bond acceptors (Lipinski definition) is 5. The molecule has 1 aromatic heterocycles. The van der Waals surface area contributed by atoms with Crippen LogP contribution in [-0.2, 0) is 0 Å². The molecule has 1 rings (SSSR count). The van der Waals surface area contributed by atoms with Gasteiger partial charge in [0.2, 0.25) is 0 Å². The second-order valence-corrected chi connectivity index (χ2v) is 3.95. The number of nitrogens with two attached hydrogens (primary N) is 1. The highest BCUT2D eigenvalue weighted by Gasteiger charge is 2.15. The fourth-order valence-corrected chi connectivity index (χ4v) is 1.68. The van der Waals surface area contributed by atoms with Gasteiger partial charge in [0.15, 0.2) is 11.6 Å². The summed E-state index contributed by atoms with van der Waals surface area (Å²) in [6.45, 7) is 7.12. The maximum atomic E-state index is 13.8. The van der Waals surface area contributed by atoms with Crippen LogP contribution in [0.15, 0.2) is 12.3 Å². The van der Waals surface area contributed by atoms with Gasteiger partial charge in [-0.3, -0.25) is 4.79 Å². The Hall–Kier alpha value is -1.73. The summed E-state index contributed by atoms with van der Waals surface area (Å²) in [7, 11) is 0. The van der Waals surface area contributed by atoms with Crippen LogP contribution in [0.5, 0.6) is 0 Å². The molecule has 0 saturated carbocycles. The first-order valence-electron chi connectivity index (χ1n) is 6.25. The highest BCUT2D eigenvalue weighted by atomic mass is 19.1. The molecule has 4 N–H and O–H groups in total. The van der Waals surface area contributed by atoms with Crippen LogP contribution in [0.3, 0.4) is 0 Å². The van der Waals surface area contributed by atoms with Crippen LogP contribution in [0.25, 0.3) is 0 Å². The lowest BCUT2D eigenvalue weighted by Crippen LogP contribution is -2.35. The van der Waals surface area contributed by atoms with Crippen molar-refractivity contribution in [1.82, 2.24) is 15.2 Å². The fourth-order valence-electron chi connectivity index (χ4n) is 1.68. The van der Waals surface area contributed by atoms with Crippen molar-refractivity contribution in [2.24, 2.45) is 5.84 Å². The van der Waals surface area contributed by atoms with E-state index < -0.39 is 11.7 Å². The maximum absolute atomic E-state index is 13.8. The van der Waals surface area contributed by atoms with Gasteiger partial charge >= 0.3 is 0 Å². The van der Waals surface area contributed by atoms with Crippen LogP contribution in [0.2, 0.25) is 0 Å².